The number of hydrogen-bond acceptors (Lipinski definition) is 3. The molecule has 0 spiro atoms. The molecule has 0 bridgehead atoms. The Morgan fingerprint density at radius 1 is 1.21 bits per heavy atom. The highest BCUT2D eigenvalue weighted by molar-refractivity contribution is 5.78. The van der Waals surface area contributed by atoms with Crippen LogP contribution in [-0.4, -0.2) is 72.0 Å². The van der Waals surface area contributed by atoms with Gasteiger partial charge in [0, 0.05) is 38.3 Å². The van der Waals surface area contributed by atoms with E-state index in [1.165, 1.54) is 19.4 Å². The molecule has 2 saturated heterocycles. The van der Waals surface area contributed by atoms with Gasteiger partial charge in [0.15, 0.2) is 0 Å². The quantitative estimate of drug-likeness (QED) is 0.753. The molecule has 2 heterocycles. The fourth-order valence-corrected chi connectivity index (χ4v) is 3.58. The van der Waals surface area contributed by atoms with E-state index < -0.39 is 0 Å². The second-order valence-electron chi connectivity index (χ2n) is 5.85. The molecule has 2 aliphatic rings. The van der Waals surface area contributed by atoms with Gasteiger partial charge < -0.3 is 4.90 Å². The molecule has 0 N–H and O–H groups in total. The monoisotopic (exact) mass is 267 g/mol. The van der Waals surface area contributed by atoms with E-state index in [4.69, 9.17) is 0 Å². The largest absolute Gasteiger partial charge is 0.342 e. The number of piperazine rings is 1. The van der Waals surface area contributed by atoms with E-state index in [0.29, 0.717) is 24.5 Å². The molecule has 0 aromatic rings. The molecule has 2 atom stereocenters. The van der Waals surface area contributed by atoms with Gasteiger partial charge in [0.25, 0.3) is 0 Å². The minimum absolute atomic E-state index is 0.301. The summed E-state index contributed by atoms with van der Waals surface area (Å²) in [5.41, 5.74) is 0. The summed E-state index contributed by atoms with van der Waals surface area (Å²) in [7, 11) is 0. The van der Waals surface area contributed by atoms with Crippen molar-refractivity contribution in [2.75, 3.05) is 39.3 Å². The van der Waals surface area contributed by atoms with Crippen molar-refractivity contribution in [1.29, 1.82) is 0 Å². The molecule has 4 heteroatoms. The van der Waals surface area contributed by atoms with Gasteiger partial charge in [-0.1, -0.05) is 6.92 Å². The minimum Gasteiger partial charge on any atom is -0.342 e. The van der Waals surface area contributed by atoms with Crippen LogP contribution in [-0.2, 0) is 4.79 Å². The molecule has 4 nitrogen and oxygen atoms in total. The van der Waals surface area contributed by atoms with Crippen LogP contribution in [0.15, 0.2) is 0 Å². The van der Waals surface area contributed by atoms with Crippen molar-refractivity contribution in [3.05, 3.63) is 0 Å². The van der Waals surface area contributed by atoms with Crippen molar-refractivity contribution in [2.45, 2.75) is 52.1 Å². The van der Waals surface area contributed by atoms with Gasteiger partial charge in [-0.15, -0.1) is 0 Å². The van der Waals surface area contributed by atoms with Gasteiger partial charge in [0.05, 0.1) is 6.54 Å². The Labute approximate surface area is 117 Å². The smallest absolute Gasteiger partial charge is 0.236 e. The third-order valence-electron chi connectivity index (χ3n) is 4.83. The molecule has 0 unspecified atom stereocenters. The maximum Gasteiger partial charge on any atom is 0.236 e. The third-order valence-corrected chi connectivity index (χ3v) is 4.83. The maximum absolute atomic E-state index is 12.3. The summed E-state index contributed by atoms with van der Waals surface area (Å²) in [4.78, 5) is 19.3. The highest BCUT2D eigenvalue weighted by Crippen LogP contribution is 2.25. The van der Waals surface area contributed by atoms with Crippen molar-refractivity contribution in [3.63, 3.8) is 0 Å². The van der Waals surface area contributed by atoms with Crippen LogP contribution < -0.4 is 0 Å². The highest BCUT2D eigenvalue weighted by Gasteiger charge is 2.36. The first-order valence-electron chi connectivity index (χ1n) is 7.95. The first-order valence-corrected chi connectivity index (χ1v) is 7.95. The first-order chi connectivity index (χ1) is 9.19. The Bertz CT molecular complexity index is 304. The van der Waals surface area contributed by atoms with Gasteiger partial charge in [-0.2, -0.15) is 0 Å². The lowest BCUT2D eigenvalue weighted by molar-refractivity contribution is -0.133. The van der Waals surface area contributed by atoms with Crippen molar-refractivity contribution in [1.82, 2.24) is 14.7 Å². The number of rotatable bonds is 5. The van der Waals surface area contributed by atoms with Crippen molar-refractivity contribution >= 4 is 5.91 Å². The predicted molar refractivity (Wildman–Crippen MR) is 78.2 cm³/mol. The van der Waals surface area contributed by atoms with E-state index in [1.54, 1.807) is 0 Å². The molecule has 2 fully saturated rings. The number of nitrogens with zero attached hydrogens (tertiary/aromatic N) is 3. The zero-order valence-corrected chi connectivity index (χ0v) is 12.8. The summed E-state index contributed by atoms with van der Waals surface area (Å²) in [5, 5.41) is 0. The van der Waals surface area contributed by atoms with Crippen LogP contribution in [0.25, 0.3) is 0 Å². The molecule has 0 radical (unpaired) electrons. The van der Waals surface area contributed by atoms with Gasteiger partial charge in [-0.3, -0.25) is 14.6 Å². The number of likely N-dealkylation sites (N-methyl/N-ethyl adjacent to an activating group) is 1. The van der Waals surface area contributed by atoms with Crippen LogP contribution in [0.4, 0.5) is 0 Å². The predicted octanol–water partition coefficient (Wildman–Crippen LogP) is 1.41. The molecule has 2 aliphatic heterocycles. The molecular formula is C15H29N3O. The number of carbonyl (C=O) groups is 1. The first kappa shape index (κ1) is 14.8. The summed E-state index contributed by atoms with van der Waals surface area (Å²) in [6.45, 7) is 12.2. The van der Waals surface area contributed by atoms with Crippen LogP contribution in [0.5, 0.6) is 0 Å². The number of amides is 1. The molecule has 0 aromatic heterocycles. The van der Waals surface area contributed by atoms with Crippen LogP contribution in [0.3, 0.4) is 0 Å². The zero-order valence-electron chi connectivity index (χ0n) is 12.8. The fraction of sp³-hybridized carbons (Fsp3) is 0.933. The third kappa shape index (κ3) is 3.29. The lowest BCUT2D eigenvalue weighted by atomic mass is 10.1. The molecule has 0 aromatic carbocycles. The second kappa shape index (κ2) is 6.71. The van der Waals surface area contributed by atoms with Gasteiger partial charge in [-0.05, 0) is 39.7 Å². The Balaban J connectivity index is 1.95. The summed E-state index contributed by atoms with van der Waals surface area (Å²) in [5.74, 6) is 0.301. The Morgan fingerprint density at radius 2 is 1.95 bits per heavy atom. The van der Waals surface area contributed by atoms with Gasteiger partial charge in [0.1, 0.15) is 0 Å². The van der Waals surface area contributed by atoms with E-state index in [-0.39, 0.29) is 0 Å². The SMILES string of the molecule is CC[C@@H]1CN2CCC[C@H]2CN1CC(=O)N(CC)CC. The van der Waals surface area contributed by atoms with E-state index in [1.807, 2.05) is 4.90 Å². The number of fused-ring (bicyclic) bond motifs is 1. The van der Waals surface area contributed by atoms with Crippen molar-refractivity contribution < 1.29 is 4.79 Å². The molecule has 0 saturated carbocycles. The average Bonchev–Trinajstić information content (AvgIpc) is 2.86. The number of carbonyl (C=O) groups excluding carboxylic acids is 1. The number of hydrogen-bond donors (Lipinski definition) is 0. The average molecular weight is 267 g/mol. The lowest BCUT2D eigenvalue weighted by Gasteiger charge is -2.43. The summed E-state index contributed by atoms with van der Waals surface area (Å²) in [6.07, 6.45) is 3.79. The Hall–Kier alpha value is -0.610. The molecule has 19 heavy (non-hydrogen) atoms. The lowest BCUT2D eigenvalue weighted by Crippen LogP contribution is -2.57. The fourth-order valence-electron chi connectivity index (χ4n) is 3.58. The Kier molecular flexibility index (Phi) is 5.22. The molecule has 1 amide bonds. The minimum atomic E-state index is 0.301. The standard InChI is InChI=1S/C15H29N3O/c1-4-13-10-17-9-7-8-14(17)11-18(13)12-15(19)16(5-2)6-3/h13-14H,4-12H2,1-3H3/t13-,14+/m1/s1. The van der Waals surface area contributed by atoms with E-state index in [9.17, 15) is 4.79 Å². The zero-order chi connectivity index (χ0) is 13.8. The van der Waals surface area contributed by atoms with Crippen LogP contribution in [0.2, 0.25) is 0 Å². The highest BCUT2D eigenvalue weighted by atomic mass is 16.2. The molecular weight excluding hydrogens is 238 g/mol. The van der Waals surface area contributed by atoms with Gasteiger partial charge in [-0.25, -0.2) is 0 Å². The maximum atomic E-state index is 12.3. The van der Waals surface area contributed by atoms with Crippen LogP contribution >= 0.6 is 0 Å². The Morgan fingerprint density at radius 3 is 2.58 bits per heavy atom. The molecule has 0 aliphatic carbocycles. The summed E-state index contributed by atoms with van der Waals surface area (Å²) >= 11 is 0. The summed E-state index contributed by atoms with van der Waals surface area (Å²) < 4.78 is 0. The summed E-state index contributed by atoms with van der Waals surface area (Å²) in [6, 6.07) is 1.26. The van der Waals surface area contributed by atoms with E-state index >= 15 is 0 Å². The topological polar surface area (TPSA) is 26.8 Å². The van der Waals surface area contributed by atoms with Crippen molar-refractivity contribution in [2.24, 2.45) is 0 Å². The normalized spacial score (nSPS) is 28.4. The van der Waals surface area contributed by atoms with E-state index in [0.717, 1.165) is 32.6 Å². The van der Waals surface area contributed by atoms with E-state index in [2.05, 4.69) is 30.6 Å². The van der Waals surface area contributed by atoms with Crippen LogP contribution in [0, 0.1) is 0 Å². The van der Waals surface area contributed by atoms with Crippen molar-refractivity contribution in [3.8, 4) is 0 Å². The second-order valence-corrected chi connectivity index (χ2v) is 5.85. The molecule has 110 valence electrons. The van der Waals surface area contributed by atoms with Gasteiger partial charge >= 0.3 is 0 Å². The van der Waals surface area contributed by atoms with Gasteiger partial charge in [0.2, 0.25) is 5.91 Å². The molecule has 2 rings (SSSR count). The van der Waals surface area contributed by atoms with Crippen LogP contribution in [0.1, 0.15) is 40.0 Å².